The average Bonchev–Trinajstić information content (AvgIpc) is 2.50. The normalized spacial score (nSPS) is 18.3. The first kappa shape index (κ1) is 14.2. The van der Waals surface area contributed by atoms with Crippen LogP contribution in [0.3, 0.4) is 0 Å². The van der Waals surface area contributed by atoms with Crippen molar-refractivity contribution in [1.82, 2.24) is 0 Å². The second kappa shape index (κ2) is 5.92. The van der Waals surface area contributed by atoms with E-state index < -0.39 is 12.2 Å². The molecule has 0 aromatic heterocycles. The summed E-state index contributed by atoms with van der Waals surface area (Å²) in [7, 11) is 0. The molecule has 3 nitrogen and oxygen atoms in total. The summed E-state index contributed by atoms with van der Waals surface area (Å²) < 4.78 is 24.5. The van der Waals surface area contributed by atoms with Crippen LogP contribution < -0.4 is 9.47 Å². The van der Waals surface area contributed by atoms with Crippen molar-refractivity contribution in [2.75, 3.05) is 6.61 Å². The molecule has 1 aliphatic rings. The molecule has 1 N–H and O–H groups in total. The lowest BCUT2D eigenvalue weighted by molar-refractivity contribution is -0.00942. The van der Waals surface area contributed by atoms with Crippen LogP contribution in [0, 0.1) is 5.82 Å². The van der Waals surface area contributed by atoms with Gasteiger partial charge in [-0.1, -0.05) is 23.7 Å². The van der Waals surface area contributed by atoms with Crippen LogP contribution in [-0.4, -0.2) is 23.9 Å². The molecule has 2 atom stereocenters. The number of hydrogen-bond donors (Lipinski definition) is 1. The molecule has 0 bridgehead atoms. The van der Waals surface area contributed by atoms with Crippen LogP contribution in [0.2, 0.25) is 5.02 Å². The number of hydrogen-bond acceptors (Lipinski definition) is 3. The summed E-state index contributed by atoms with van der Waals surface area (Å²) in [6, 6.07) is 11.4. The van der Waals surface area contributed by atoms with Gasteiger partial charge < -0.3 is 14.6 Å². The molecule has 0 aliphatic carbocycles. The minimum atomic E-state index is -0.836. The molecule has 110 valence electrons. The van der Waals surface area contributed by atoms with Gasteiger partial charge in [0.05, 0.1) is 6.10 Å². The molecule has 1 aliphatic heterocycles. The molecule has 3 rings (SSSR count). The van der Waals surface area contributed by atoms with E-state index in [2.05, 4.69) is 0 Å². The van der Waals surface area contributed by atoms with Crippen LogP contribution in [0.5, 0.6) is 11.5 Å². The number of aliphatic hydroxyl groups excluding tert-OH is 1. The molecule has 0 radical (unpaired) electrons. The smallest absolute Gasteiger partial charge is 0.161 e. The van der Waals surface area contributed by atoms with Gasteiger partial charge in [-0.3, -0.25) is 0 Å². The van der Waals surface area contributed by atoms with E-state index in [0.29, 0.717) is 22.1 Å². The Morgan fingerprint density at radius 2 is 2.00 bits per heavy atom. The highest BCUT2D eigenvalue weighted by Gasteiger charge is 2.28. The molecule has 1 heterocycles. The molecule has 2 aromatic carbocycles. The zero-order valence-corrected chi connectivity index (χ0v) is 11.9. The summed E-state index contributed by atoms with van der Waals surface area (Å²) in [6.07, 6.45) is -1.15. The third-order valence-electron chi connectivity index (χ3n) is 3.40. The first-order valence-electron chi connectivity index (χ1n) is 6.64. The Morgan fingerprint density at radius 1 is 1.24 bits per heavy atom. The van der Waals surface area contributed by atoms with Crippen molar-refractivity contribution < 1.29 is 19.0 Å². The molecule has 0 saturated heterocycles. The predicted molar refractivity (Wildman–Crippen MR) is 77.5 cm³/mol. The van der Waals surface area contributed by atoms with E-state index in [1.54, 1.807) is 12.1 Å². The Kier molecular flexibility index (Phi) is 3.99. The first-order chi connectivity index (χ1) is 10.1. The van der Waals surface area contributed by atoms with Gasteiger partial charge in [0.1, 0.15) is 12.4 Å². The van der Waals surface area contributed by atoms with Crippen molar-refractivity contribution in [3.05, 3.63) is 58.9 Å². The third kappa shape index (κ3) is 3.12. The monoisotopic (exact) mass is 308 g/mol. The van der Waals surface area contributed by atoms with Crippen LogP contribution in [0.25, 0.3) is 0 Å². The van der Waals surface area contributed by atoms with Crippen molar-refractivity contribution >= 4 is 11.6 Å². The fourth-order valence-electron chi connectivity index (χ4n) is 2.28. The fourth-order valence-corrected chi connectivity index (χ4v) is 2.48. The number of benzene rings is 2. The number of para-hydroxylation sites is 2. The largest absolute Gasteiger partial charge is 0.486 e. The van der Waals surface area contributed by atoms with E-state index in [1.165, 1.54) is 18.2 Å². The molecule has 5 heteroatoms. The van der Waals surface area contributed by atoms with Gasteiger partial charge in [0, 0.05) is 11.4 Å². The molecule has 21 heavy (non-hydrogen) atoms. The molecular formula is C16H14ClFO3. The number of rotatable bonds is 3. The Bertz CT molecular complexity index is 647. The topological polar surface area (TPSA) is 38.7 Å². The van der Waals surface area contributed by atoms with Gasteiger partial charge in [0.15, 0.2) is 17.6 Å². The zero-order chi connectivity index (χ0) is 14.8. The van der Waals surface area contributed by atoms with Crippen LogP contribution in [-0.2, 0) is 6.42 Å². The number of fused-ring (bicyclic) bond motifs is 1. The van der Waals surface area contributed by atoms with Gasteiger partial charge in [-0.25, -0.2) is 4.39 Å². The highest BCUT2D eigenvalue weighted by atomic mass is 35.5. The van der Waals surface area contributed by atoms with Crippen LogP contribution in [0.1, 0.15) is 5.56 Å². The van der Waals surface area contributed by atoms with Crippen LogP contribution >= 0.6 is 11.6 Å². The molecule has 0 spiro atoms. The van der Waals surface area contributed by atoms with Crippen LogP contribution in [0.15, 0.2) is 42.5 Å². The molecular weight excluding hydrogens is 295 g/mol. The second-order valence-electron chi connectivity index (χ2n) is 4.92. The van der Waals surface area contributed by atoms with Crippen LogP contribution in [0.4, 0.5) is 4.39 Å². The molecule has 2 aromatic rings. The predicted octanol–water partition coefficient (Wildman–Crippen LogP) is 3.22. The molecule has 0 amide bonds. The van der Waals surface area contributed by atoms with Gasteiger partial charge in [0.2, 0.25) is 0 Å². The van der Waals surface area contributed by atoms with Gasteiger partial charge >= 0.3 is 0 Å². The van der Waals surface area contributed by atoms with Gasteiger partial charge in [0.25, 0.3) is 0 Å². The quantitative estimate of drug-likeness (QED) is 0.946. The van der Waals surface area contributed by atoms with Crippen molar-refractivity contribution in [2.45, 2.75) is 18.6 Å². The minimum absolute atomic E-state index is 0.201. The Balaban J connectivity index is 1.72. The number of halogens is 2. The highest BCUT2D eigenvalue weighted by molar-refractivity contribution is 6.31. The van der Waals surface area contributed by atoms with E-state index in [-0.39, 0.29) is 18.8 Å². The maximum absolute atomic E-state index is 13.2. The second-order valence-corrected chi connectivity index (χ2v) is 5.33. The molecule has 0 saturated carbocycles. The van der Waals surface area contributed by atoms with Gasteiger partial charge in [-0.2, -0.15) is 0 Å². The molecule has 0 fully saturated rings. The van der Waals surface area contributed by atoms with E-state index in [4.69, 9.17) is 21.1 Å². The lowest BCUT2D eigenvalue weighted by atomic mass is 10.0. The first-order valence-corrected chi connectivity index (χ1v) is 7.02. The number of ether oxygens (including phenoxy) is 2. The Labute approximate surface area is 126 Å². The maximum atomic E-state index is 13.2. The third-order valence-corrected chi connectivity index (χ3v) is 3.77. The Morgan fingerprint density at radius 3 is 2.81 bits per heavy atom. The zero-order valence-electron chi connectivity index (χ0n) is 11.1. The highest BCUT2D eigenvalue weighted by Crippen LogP contribution is 2.32. The van der Waals surface area contributed by atoms with E-state index in [9.17, 15) is 9.50 Å². The summed E-state index contributed by atoms with van der Waals surface area (Å²) in [6.45, 7) is 0.241. The average molecular weight is 309 g/mol. The lowest BCUT2D eigenvalue weighted by Crippen LogP contribution is -2.40. The van der Waals surface area contributed by atoms with E-state index in [0.717, 1.165) is 0 Å². The lowest BCUT2D eigenvalue weighted by Gasteiger charge is -2.29. The Hall–Kier alpha value is -1.78. The summed E-state index contributed by atoms with van der Waals surface area (Å²) in [5.74, 6) is 0.871. The van der Waals surface area contributed by atoms with Crippen molar-refractivity contribution in [1.29, 1.82) is 0 Å². The van der Waals surface area contributed by atoms with E-state index >= 15 is 0 Å². The summed E-state index contributed by atoms with van der Waals surface area (Å²) >= 11 is 6.01. The standard InChI is InChI=1S/C16H14ClFO3/c17-12-6-5-11(18)7-10(12)8-13(19)16-9-20-14-3-1-2-4-15(14)21-16/h1-7,13,16,19H,8-9H2. The van der Waals surface area contributed by atoms with E-state index in [1.807, 2.05) is 12.1 Å². The maximum Gasteiger partial charge on any atom is 0.161 e. The van der Waals surface area contributed by atoms with Gasteiger partial charge in [-0.15, -0.1) is 0 Å². The fraction of sp³-hybridized carbons (Fsp3) is 0.250. The SMILES string of the molecule is OC(Cc1cc(F)ccc1Cl)C1COc2ccccc2O1. The summed E-state index contributed by atoms with van der Waals surface area (Å²) in [4.78, 5) is 0. The van der Waals surface area contributed by atoms with Crippen molar-refractivity contribution in [2.24, 2.45) is 0 Å². The van der Waals surface area contributed by atoms with Gasteiger partial charge in [-0.05, 0) is 35.9 Å². The number of aliphatic hydroxyl groups is 1. The van der Waals surface area contributed by atoms with Crippen molar-refractivity contribution in [3.63, 3.8) is 0 Å². The molecule has 2 unspecified atom stereocenters. The summed E-state index contributed by atoms with van der Waals surface area (Å²) in [5, 5.41) is 10.7. The van der Waals surface area contributed by atoms with Crippen molar-refractivity contribution in [3.8, 4) is 11.5 Å². The summed E-state index contributed by atoms with van der Waals surface area (Å²) in [5.41, 5.74) is 0.548. The minimum Gasteiger partial charge on any atom is -0.486 e.